The first kappa shape index (κ1) is 13.1. The average Bonchev–Trinajstić information content (AvgIpc) is 3.00. The maximum absolute atomic E-state index is 5.35. The van der Waals surface area contributed by atoms with Gasteiger partial charge in [0.2, 0.25) is 0 Å². The van der Waals surface area contributed by atoms with Crippen LogP contribution in [0.15, 0.2) is 23.0 Å². The predicted octanol–water partition coefficient (Wildman–Crippen LogP) is 0.883. The molecule has 1 aliphatic heterocycles. The van der Waals surface area contributed by atoms with Gasteiger partial charge >= 0.3 is 0 Å². The number of aromatic nitrogens is 4. The molecule has 0 saturated carbocycles. The molecule has 2 aromatic rings. The summed E-state index contributed by atoms with van der Waals surface area (Å²) in [6.07, 6.45) is 4.21. The molecule has 20 heavy (non-hydrogen) atoms. The second kappa shape index (κ2) is 6.06. The molecular formula is C13H18N6O. The molecule has 106 valence electrons. The van der Waals surface area contributed by atoms with E-state index in [9.17, 15) is 0 Å². The highest BCUT2D eigenvalue weighted by molar-refractivity contribution is 5.49. The molecule has 0 spiro atoms. The molecule has 3 rings (SSSR count). The van der Waals surface area contributed by atoms with Crippen molar-refractivity contribution in [3.63, 3.8) is 0 Å². The van der Waals surface area contributed by atoms with E-state index in [4.69, 9.17) is 4.52 Å². The quantitative estimate of drug-likeness (QED) is 0.886. The van der Waals surface area contributed by atoms with Crippen LogP contribution >= 0.6 is 0 Å². The molecule has 1 atom stereocenters. The Kier molecular flexibility index (Phi) is 3.98. The van der Waals surface area contributed by atoms with E-state index in [0.717, 1.165) is 44.0 Å². The molecule has 0 aromatic carbocycles. The Morgan fingerprint density at radius 3 is 2.90 bits per heavy atom. The molecule has 0 bridgehead atoms. The van der Waals surface area contributed by atoms with Crippen molar-refractivity contribution in [2.75, 3.05) is 26.2 Å². The number of piperazine rings is 1. The van der Waals surface area contributed by atoms with E-state index in [2.05, 4.69) is 37.5 Å². The Morgan fingerprint density at radius 2 is 2.20 bits per heavy atom. The first-order valence-corrected chi connectivity index (χ1v) is 6.94. The van der Waals surface area contributed by atoms with E-state index >= 15 is 0 Å². The Bertz CT molecular complexity index is 537. The lowest BCUT2D eigenvalue weighted by molar-refractivity contribution is 0.160. The average molecular weight is 274 g/mol. The number of hydrogen-bond acceptors (Lipinski definition) is 7. The van der Waals surface area contributed by atoms with Crippen LogP contribution in [0.4, 0.5) is 0 Å². The first-order chi connectivity index (χ1) is 9.88. The predicted molar refractivity (Wildman–Crippen MR) is 72.8 cm³/mol. The minimum absolute atomic E-state index is 0.212. The van der Waals surface area contributed by atoms with Gasteiger partial charge in [-0.2, -0.15) is 15.2 Å². The van der Waals surface area contributed by atoms with Crippen LogP contribution < -0.4 is 5.32 Å². The second-order valence-electron chi connectivity index (χ2n) is 4.80. The van der Waals surface area contributed by atoms with Crippen molar-refractivity contribution in [2.45, 2.75) is 19.4 Å². The van der Waals surface area contributed by atoms with E-state index in [-0.39, 0.29) is 6.04 Å². The van der Waals surface area contributed by atoms with Crippen LogP contribution in [0.2, 0.25) is 0 Å². The zero-order valence-corrected chi connectivity index (χ0v) is 11.5. The molecule has 7 nitrogen and oxygen atoms in total. The monoisotopic (exact) mass is 274 g/mol. The smallest absolute Gasteiger partial charge is 0.259 e. The van der Waals surface area contributed by atoms with Crippen LogP contribution in [0.3, 0.4) is 0 Å². The fraction of sp³-hybridized carbons (Fsp3) is 0.538. The molecule has 0 amide bonds. The molecule has 1 unspecified atom stereocenters. The van der Waals surface area contributed by atoms with Crippen molar-refractivity contribution in [1.82, 2.24) is 30.6 Å². The van der Waals surface area contributed by atoms with Gasteiger partial charge in [-0.25, -0.2) is 0 Å². The molecular weight excluding hydrogens is 256 g/mol. The molecule has 7 heteroatoms. The van der Waals surface area contributed by atoms with Crippen LogP contribution in [0.1, 0.15) is 25.2 Å². The van der Waals surface area contributed by atoms with Crippen molar-refractivity contribution >= 4 is 0 Å². The largest absolute Gasteiger partial charge is 0.334 e. The Labute approximate surface area is 117 Å². The van der Waals surface area contributed by atoms with Crippen molar-refractivity contribution in [3.8, 4) is 11.5 Å². The summed E-state index contributed by atoms with van der Waals surface area (Å²) < 4.78 is 5.35. The van der Waals surface area contributed by atoms with Gasteiger partial charge in [-0.05, 0) is 12.5 Å². The lowest BCUT2D eigenvalue weighted by Crippen LogP contribution is -2.45. The molecule has 0 radical (unpaired) electrons. The molecule has 0 aliphatic carbocycles. The molecule has 1 N–H and O–H groups in total. The molecule has 3 heterocycles. The molecule has 2 aromatic heterocycles. The summed E-state index contributed by atoms with van der Waals surface area (Å²) in [5, 5.41) is 15.1. The summed E-state index contributed by atoms with van der Waals surface area (Å²) >= 11 is 0. The van der Waals surface area contributed by atoms with Gasteiger partial charge in [-0.15, -0.1) is 0 Å². The van der Waals surface area contributed by atoms with Crippen molar-refractivity contribution in [3.05, 3.63) is 24.3 Å². The van der Waals surface area contributed by atoms with Crippen LogP contribution in [-0.2, 0) is 0 Å². The zero-order valence-electron chi connectivity index (χ0n) is 11.5. The summed E-state index contributed by atoms with van der Waals surface area (Å²) in [6.45, 7) is 6.19. The normalized spacial score (nSPS) is 18.1. The number of rotatable bonds is 4. The van der Waals surface area contributed by atoms with E-state index in [1.807, 2.05) is 6.07 Å². The van der Waals surface area contributed by atoms with Crippen molar-refractivity contribution in [1.29, 1.82) is 0 Å². The van der Waals surface area contributed by atoms with Crippen molar-refractivity contribution in [2.24, 2.45) is 0 Å². The van der Waals surface area contributed by atoms with Crippen molar-refractivity contribution < 1.29 is 4.52 Å². The molecule has 1 saturated heterocycles. The zero-order chi connectivity index (χ0) is 13.8. The van der Waals surface area contributed by atoms with E-state index in [1.165, 1.54) is 0 Å². The number of nitrogens with zero attached hydrogens (tertiary/aromatic N) is 5. The minimum atomic E-state index is 0.212. The SMILES string of the molecule is CCC(c1noc(-c2ccnnc2)n1)N1CCNCC1. The Morgan fingerprint density at radius 1 is 1.35 bits per heavy atom. The Hall–Kier alpha value is -1.86. The highest BCUT2D eigenvalue weighted by Gasteiger charge is 2.25. The maximum Gasteiger partial charge on any atom is 0.259 e. The minimum Gasteiger partial charge on any atom is -0.334 e. The highest BCUT2D eigenvalue weighted by Crippen LogP contribution is 2.24. The number of nitrogens with one attached hydrogen (secondary N) is 1. The maximum atomic E-state index is 5.35. The van der Waals surface area contributed by atoms with Gasteiger partial charge in [-0.1, -0.05) is 12.1 Å². The fourth-order valence-corrected chi connectivity index (χ4v) is 2.50. The third kappa shape index (κ3) is 2.68. The van der Waals surface area contributed by atoms with Gasteiger partial charge in [0.05, 0.1) is 24.0 Å². The second-order valence-corrected chi connectivity index (χ2v) is 4.80. The van der Waals surface area contributed by atoms with Gasteiger partial charge in [0.1, 0.15) is 0 Å². The summed E-state index contributed by atoms with van der Waals surface area (Å²) in [5.74, 6) is 1.25. The summed E-state index contributed by atoms with van der Waals surface area (Å²) in [6, 6.07) is 2.03. The van der Waals surface area contributed by atoms with E-state index < -0.39 is 0 Å². The molecule has 1 aliphatic rings. The third-order valence-corrected chi connectivity index (χ3v) is 3.55. The third-order valence-electron chi connectivity index (χ3n) is 3.55. The van der Waals surface area contributed by atoms with E-state index in [0.29, 0.717) is 5.89 Å². The summed E-state index contributed by atoms with van der Waals surface area (Å²) in [7, 11) is 0. The van der Waals surface area contributed by atoms with Gasteiger partial charge in [0, 0.05) is 26.2 Å². The lowest BCUT2D eigenvalue weighted by Gasteiger charge is -2.32. The van der Waals surface area contributed by atoms with Gasteiger partial charge in [0.15, 0.2) is 5.82 Å². The highest BCUT2D eigenvalue weighted by atomic mass is 16.5. The van der Waals surface area contributed by atoms with Gasteiger partial charge in [-0.3, -0.25) is 4.90 Å². The Balaban J connectivity index is 1.80. The van der Waals surface area contributed by atoms with Gasteiger partial charge in [0.25, 0.3) is 5.89 Å². The number of hydrogen-bond donors (Lipinski definition) is 1. The van der Waals surface area contributed by atoms with Crippen LogP contribution in [0.5, 0.6) is 0 Å². The fourth-order valence-electron chi connectivity index (χ4n) is 2.50. The summed E-state index contributed by atoms with van der Waals surface area (Å²) in [4.78, 5) is 6.92. The summed E-state index contributed by atoms with van der Waals surface area (Å²) in [5.41, 5.74) is 0.800. The van der Waals surface area contributed by atoms with E-state index in [1.54, 1.807) is 12.4 Å². The van der Waals surface area contributed by atoms with Crippen LogP contribution in [0, 0.1) is 0 Å². The molecule has 1 fully saturated rings. The lowest BCUT2D eigenvalue weighted by atomic mass is 10.1. The van der Waals surface area contributed by atoms with Gasteiger partial charge < -0.3 is 9.84 Å². The van der Waals surface area contributed by atoms with Crippen LogP contribution in [-0.4, -0.2) is 51.4 Å². The topological polar surface area (TPSA) is 80.0 Å². The first-order valence-electron chi connectivity index (χ1n) is 6.94. The van der Waals surface area contributed by atoms with Crippen LogP contribution in [0.25, 0.3) is 11.5 Å². The standard InChI is InChI=1S/C13H18N6O/c1-2-11(19-7-5-14-6-8-19)12-17-13(20-18-12)10-3-4-15-16-9-10/h3-4,9,11,14H,2,5-8H2,1H3.